The van der Waals surface area contributed by atoms with Crippen LogP contribution in [0.5, 0.6) is 0 Å². The standard InChI is InChI=1S/C14H25N3O4/c1-21-9-11(14(19)20)16-13(18)12-3-2-8-17(12)10-4-6-15-7-5-10/h10-12,15H,2-9H2,1H3,(H,16,18)(H,19,20). The van der Waals surface area contributed by atoms with Crippen molar-refractivity contribution in [1.29, 1.82) is 0 Å². The van der Waals surface area contributed by atoms with E-state index in [0.29, 0.717) is 6.04 Å². The van der Waals surface area contributed by atoms with Crippen molar-refractivity contribution in [1.82, 2.24) is 15.5 Å². The van der Waals surface area contributed by atoms with Gasteiger partial charge in [0.1, 0.15) is 0 Å². The Morgan fingerprint density at radius 3 is 2.71 bits per heavy atom. The summed E-state index contributed by atoms with van der Waals surface area (Å²) in [6, 6.07) is -0.750. The number of piperidine rings is 1. The Hall–Kier alpha value is -1.18. The average Bonchev–Trinajstić information content (AvgIpc) is 2.97. The highest BCUT2D eigenvalue weighted by molar-refractivity contribution is 5.87. The number of methoxy groups -OCH3 is 1. The minimum absolute atomic E-state index is 0.0128. The van der Waals surface area contributed by atoms with Crippen molar-refractivity contribution in [3.8, 4) is 0 Å². The molecule has 2 fully saturated rings. The summed E-state index contributed by atoms with van der Waals surface area (Å²) < 4.78 is 4.85. The molecule has 2 aliphatic rings. The molecule has 120 valence electrons. The van der Waals surface area contributed by atoms with Gasteiger partial charge in [0.25, 0.3) is 0 Å². The molecule has 0 saturated carbocycles. The first-order valence-corrected chi connectivity index (χ1v) is 7.62. The van der Waals surface area contributed by atoms with Gasteiger partial charge in [0.05, 0.1) is 12.6 Å². The molecule has 7 heteroatoms. The summed E-state index contributed by atoms with van der Waals surface area (Å²) in [5.41, 5.74) is 0. The summed E-state index contributed by atoms with van der Waals surface area (Å²) in [5, 5.41) is 15.0. The fourth-order valence-corrected chi connectivity index (χ4v) is 3.26. The molecule has 0 bridgehead atoms. The quantitative estimate of drug-likeness (QED) is 0.608. The van der Waals surface area contributed by atoms with Crippen LogP contribution >= 0.6 is 0 Å². The van der Waals surface area contributed by atoms with Gasteiger partial charge < -0.3 is 20.5 Å². The van der Waals surface area contributed by atoms with Crippen LogP contribution in [-0.4, -0.2) is 73.4 Å². The van der Waals surface area contributed by atoms with Gasteiger partial charge in [-0.25, -0.2) is 4.79 Å². The van der Waals surface area contributed by atoms with Crippen LogP contribution in [-0.2, 0) is 14.3 Å². The van der Waals surface area contributed by atoms with Crippen LogP contribution in [0.2, 0.25) is 0 Å². The number of hydrogen-bond donors (Lipinski definition) is 3. The van der Waals surface area contributed by atoms with Crippen LogP contribution in [0, 0.1) is 0 Å². The lowest BCUT2D eigenvalue weighted by Gasteiger charge is -2.35. The summed E-state index contributed by atoms with van der Waals surface area (Å²) in [7, 11) is 1.43. The van der Waals surface area contributed by atoms with E-state index >= 15 is 0 Å². The maximum absolute atomic E-state index is 12.4. The molecule has 0 spiro atoms. The Labute approximate surface area is 125 Å². The molecule has 2 heterocycles. The Morgan fingerprint density at radius 1 is 1.38 bits per heavy atom. The van der Waals surface area contributed by atoms with E-state index in [1.807, 2.05) is 0 Å². The van der Waals surface area contributed by atoms with Crippen molar-refractivity contribution >= 4 is 11.9 Å². The molecular formula is C14H25N3O4. The number of nitrogens with one attached hydrogen (secondary N) is 2. The van der Waals surface area contributed by atoms with Gasteiger partial charge in [-0.15, -0.1) is 0 Å². The zero-order chi connectivity index (χ0) is 15.2. The van der Waals surface area contributed by atoms with E-state index in [-0.39, 0.29) is 18.6 Å². The topological polar surface area (TPSA) is 90.9 Å². The number of carboxylic acids is 1. The van der Waals surface area contributed by atoms with Crippen LogP contribution in [0.3, 0.4) is 0 Å². The predicted octanol–water partition coefficient (Wildman–Crippen LogP) is -0.581. The lowest BCUT2D eigenvalue weighted by Crippen LogP contribution is -2.54. The van der Waals surface area contributed by atoms with E-state index in [1.54, 1.807) is 0 Å². The zero-order valence-corrected chi connectivity index (χ0v) is 12.5. The zero-order valence-electron chi connectivity index (χ0n) is 12.5. The number of amides is 1. The minimum Gasteiger partial charge on any atom is -0.480 e. The fraction of sp³-hybridized carbons (Fsp3) is 0.857. The van der Waals surface area contributed by atoms with E-state index in [0.717, 1.165) is 45.3 Å². The van der Waals surface area contributed by atoms with Gasteiger partial charge in [-0.1, -0.05) is 0 Å². The largest absolute Gasteiger partial charge is 0.480 e. The highest BCUT2D eigenvalue weighted by Gasteiger charge is 2.37. The Bertz CT molecular complexity index is 371. The number of carbonyl (C=O) groups excluding carboxylic acids is 1. The van der Waals surface area contributed by atoms with Crippen LogP contribution in [0.4, 0.5) is 0 Å². The molecule has 2 saturated heterocycles. The molecule has 0 aliphatic carbocycles. The first-order valence-electron chi connectivity index (χ1n) is 7.62. The maximum Gasteiger partial charge on any atom is 0.328 e. The summed E-state index contributed by atoms with van der Waals surface area (Å²) in [6.07, 6.45) is 3.88. The second-order valence-electron chi connectivity index (χ2n) is 5.73. The average molecular weight is 299 g/mol. The molecule has 2 atom stereocenters. The summed E-state index contributed by atoms with van der Waals surface area (Å²) >= 11 is 0. The molecule has 2 unspecified atom stereocenters. The Morgan fingerprint density at radius 2 is 2.10 bits per heavy atom. The van der Waals surface area contributed by atoms with Crippen molar-refractivity contribution in [3.05, 3.63) is 0 Å². The number of rotatable bonds is 6. The molecule has 0 aromatic carbocycles. The Kier molecular flexibility index (Phi) is 5.96. The summed E-state index contributed by atoms with van der Waals surface area (Å²) in [6.45, 7) is 2.87. The van der Waals surface area contributed by atoms with Crippen molar-refractivity contribution in [2.45, 2.75) is 43.8 Å². The van der Waals surface area contributed by atoms with E-state index < -0.39 is 12.0 Å². The van der Waals surface area contributed by atoms with Crippen molar-refractivity contribution in [2.24, 2.45) is 0 Å². The second kappa shape index (κ2) is 7.72. The molecule has 7 nitrogen and oxygen atoms in total. The molecule has 3 N–H and O–H groups in total. The van der Waals surface area contributed by atoms with Gasteiger partial charge in [-0.3, -0.25) is 9.69 Å². The first-order chi connectivity index (χ1) is 10.1. The van der Waals surface area contributed by atoms with Crippen molar-refractivity contribution in [3.63, 3.8) is 0 Å². The SMILES string of the molecule is COCC(NC(=O)C1CCCN1C1CCNCC1)C(=O)O. The maximum atomic E-state index is 12.4. The molecule has 0 aromatic heterocycles. The van der Waals surface area contributed by atoms with Crippen LogP contribution in [0.15, 0.2) is 0 Å². The predicted molar refractivity (Wildman–Crippen MR) is 77.1 cm³/mol. The molecule has 21 heavy (non-hydrogen) atoms. The molecule has 0 radical (unpaired) electrons. The smallest absolute Gasteiger partial charge is 0.328 e. The molecule has 1 amide bonds. The van der Waals surface area contributed by atoms with Gasteiger partial charge >= 0.3 is 5.97 Å². The van der Waals surface area contributed by atoms with Crippen LogP contribution < -0.4 is 10.6 Å². The van der Waals surface area contributed by atoms with Gasteiger partial charge in [0.2, 0.25) is 5.91 Å². The van der Waals surface area contributed by atoms with E-state index in [9.17, 15) is 9.59 Å². The first kappa shape index (κ1) is 16.2. The molecular weight excluding hydrogens is 274 g/mol. The highest BCUT2D eigenvalue weighted by atomic mass is 16.5. The third kappa shape index (κ3) is 4.15. The number of hydrogen-bond acceptors (Lipinski definition) is 5. The second-order valence-corrected chi connectivity index (χ2v) is 5.73. The van der Waals surface area contributed by atoms with E-state index in [1.165, 1.54) is 7.11 Å². The third-order valence-electron chi connectivity index (χ3n) is 4.32. The van der Waals surface area contributed by atoms with Crippen LogP contribution in [0.25, 0.3) is 0 Å². The fourth-order valence-electron chi connectivity index (χ4n) is 3.26. The molecule has 2 rings (SSSR count). The third-order valence-corrected chi connectivity index (χ3v) is 4.32. The number of nitrogens with zero attached hydrogens (tertiary/aromatic N) is 1. The lowest BCUT2D eigenvalue weighted by atomic mass is 10.0. The number of carbonyl (C=O) groups is 2. The van der Waals surface area contributed by atoms with Gasteiger partial charge in [-0.2, -0.15) is 0 Å². The molecule has 0 aromatic rings. The van der Waals surface area contributed by atoms with Crippen molar-refractivity contribution in [2.75, 3.05) is 33.4 Å². The normalized spacial score (nSPS) is 25.7. The van der Waals surface area contributed by atoms with Gasteiger partial charge in [0.15, 0.2) is 6.04 Å². The summed E-state index contributed by atoms with van der Waals surface area (Å²) in [5.74, 6) is -1.24. The van der Waals surface area contributed by atoms with Gasteiger partial charge in [-0.05, 0) is 45.3 Å². The van der Waals surface area contributed by atoms with E-state index in [4.69, 9.17) is 9.84 Å². The lowest BCUT2D eigenvalue weighted by molar-refractivity contribution is -0.144. The summed E-state index contributed by atoms with van der Waals surface area (Å²) in [4.78, 5) is 25.8. The number of likely N-dealkylation sites (tertiary alicyclic amines) is 1. The highest BCUT2D eigenvalue weighted by Crippen LogP contribution is 2.24. The minimum atomic E-state index is -1.06. The number of aliphatic carboxylic acids is 1. The molecule has 2 aliphatic heterocycles. The van der Waals surface area contributed by atoms with Crippen molar-refractivity contribution < 1.29 is 19.4 Å². The monoisotopic (exact) mass is 299 g/mol. The number of ether oxygens (including phenoxy) is 1. The van der Waals surface area contributed by atoms with Crippen LogP contribution in [0.1, 0.15) is 25.7 Å². The number of carboxylic acid groups (broad SMARTS) is 1. The Balaban J connectivity index is 1.94. The van der Waals surface area contributed by atoms with E-state index in [2.05, 4.69) is 15.5 Å². The van der Waals surface area contributed by atoms with Gasteiger partial charge in [0, 0.05) is 13.2 Å².